The molecule has 1 amide bonds. The van der Waals surface area contributed by atoms with Crippen molar-refractivity contribution in [1.29, 1.82) is 0 Å². The largest absolute Gasteiger partial charge is 0.463 e. The number of amides is 1. The first-order valence-electron chi connectivity index (χ1n) is 9.92. The quantitative estimate of drug-likeness (QED) is 0.493. The molecular weight excluding hydrogens is 410 g/mol. The van der Waals surface area contributed by atoms with Crippen LogP contribution in [-0.4, -0.2) is 61.1 Å². The Morgan fingerprint density at radius 3 is 2.81 bits per heavy atom. The van der Waals surface area contributed by atoms with Crippen molar-refractivity contribution < 1.29 is 29.0 Å². The van der Waals surface area contributed by atoms with E-state index in [-0.39, 0.29) is 60.6 Å². The molecule has 3 rings (SSSR count). The molecule has 3 N–H and O–H groups in total. The third-order valence-electron chi connectivity index (χ3n) is 4.80. The second kappa shape index (κ2) is 9.35. The number of aromatic amines is 1. The second-order valence-corrected chi connectivity index (χ2v) is 7.70. The zero-order valence-electron chi connectivity index (χ0n) is 17.5. The number of aliphatic hydroxyl groups excluding tert-OH is 1. The van der Waals surface area contributed by atoms with Crippen molar-refractivity contribution in [3.8, 4) is 0 Å². The smallest absolute Gasteiger partial charge is 0.306 e. The van der Waals surface area contributed by atoms with Gasteiger partial charge in [0.15, 0.2) is 11.2 Å². The van der Waals surface area contributed by atoms with Crippen LogP contribution in [0, 0.1) is 5.92 Å². The van der Waals surface area contributed by atoms with Gasteiger partial charge in [0.05, 0.1) is 18.9 Å². The summed E-state index contributed by atoms with van der Waals surface area (Å²) in [5, 5.41) is 12.8. The van der Waals surface area contributed by atoms with Gasteiger partial charge >= 0.3 is 5.97 Å². The third kappa shape index (κ3) is 5.33. The number of esters is 1. The first-order valence-corrected chi connectivity index (χ1v) is 9.92. The predicted octanol–water partition coefficient (Wildman–Crippen LogP) is 0.275. The van der Waals surface area contributed by atoms with Crippen LogP contribution in [0.4, 0.5) is 5.95 Å². The van der Waals surface area contributed by atoms with Crippen molar-refractivity contribution in [2.24, 2.45) is 5.92 Å². The van der Waals surface area contributed by atoms with Crippen molar-refractivity contribution in [1.82, 2.24) is 19.5 Å². The van der Waals surface area contributed by atoms with Crippen molar-refractivity contribution >= 4 is 34.8 Å². The minimum atomic E-state index is -0.926. The maximum atomic E-state index is 12.3. The number of hydrogen-bond donors (Lipinski definition) is 3. The fourth-order valence-corrected chi connectivity index (χ4v) is 3.02. The summed E-state index contributed by atoms with van der Waals surface area (Å²) in [5.41, 5.74) is -0.295. The van der Waals surface area contributed by atoms with Crippen molar-refractivity contribution in [3.63, 3.8) is 0 Å². The van der Waals surface area contributed by atoms with E-state index in [1.54, 1.807) is 13.8 Å². The zero-order valence-corrected chi connectivity index (χ0v) is 17.5. The number of ether oxygens (including phenoxy) is 2. The Balaban J connectivity index is 1.72. The summed E-state index contributed by atoms with van der Waals surface area (Å²) < 4.78 is 12.4. The molecule has 168 valence electrons. The summed E-state index contributed by atoms with van der Waals surface area (Å²) >= 11 is 0. The summed E-state index contributed by atoms with van der Waals surface area (Å²) in [7, 11) is 0. The Morgan fingerprint density at radius 1 is 1.39 bits per heavy atom. The topological polar surface area (TPSA) is 165 Å². The molecule has 3 atom stereocenters. The number of anilines is 1. The standard InChI is InChI=1S/C19H25N5O7/c1-9(2)17(28)22-19-21-16-15(18(29)23-19)20-8-24(16)13-6-11(26)12(31-13)7-30-14(27)5-4-10(3)25/h8-9,11-13,26H,4-7H2,1-3H3,(H2,21,22,23,28,29)/t11-,12+,13+/m1/s1. The Morgan fingerprint density at radius 2 is 2.13 bits per heavy atom. The number of Topliss-reactive ketones (excluding diaryl/α,β-unsaturated/α-hetero) is 1. The summed E-state index contributed by atoms with van der Waals surface area (Å²) in [4.78, 5) is 57.6. The van der Waals surface area contributed by atoms with Crippen LogP contribution in [0.5, 0.6) is 0 Å². The molecule has 2 aromatic rings. The summed E-state index contributed by atoms with van der Waals surface area (Å²) in [6.07, 6.45) is -0.847. The highest BCUT2D eigenvalue weighted by molar-refractivity contribution is 5.91. The molecule has 1 fully saturated rings. The lowest BCUT2D eigenvalue weighted by atomic mass is 10.2. The number of hydrogen-bond acceptors (Lipinski definition) is 9. The van der Waals surface area contributed by atoms with E-state index in [0.717, 1.165) is 0 Å². The molecule has 0 saturated carbocycles. The molecule has 1 aliphatic heterocycles. The van der Waals surface area contributed by atoms with Crippen LogP contribution >= 0.6 is 0 Å². The first kappa shape index (κ1) is 22.6. The van der Waals surface area contributed by atoms with Crippen LogP contribution in [0.2, 0.25) is 0 Å². The van der Waals surface area contributed by atoms with Gasteiger partial charge < -0.3 is 19.4 Å². The number of fused-ring (bicyclic) bond motifs is 1. The molecule has 1 saturated heterocycles. The zero-order chi connectivity index (χ0) is 22.7. The van der Waals surface area contributed by atoms with E-state index in [4.69, 9.17) is 9.47 Å². The van der Waals surface area contributed by atoms with E-state index >= 15 is 0 Å². The average molecular weight is 435 g/mol. The van der Waals surface area contributed by atoms with E-state index in [1.807, 2.05) is 0 Å². The van der Waals surface area contributed by atoms with Gasteiger partial charge in [0.25, 0.3) is 5.56 Å². The maximum Gasteiger partial charge on any atom is 0.306 e. The second-order valence-electron chi connectivity index (χ2n) is 7.70. The van der Waals surface area contributed by atoms with E-state index in [1.165, 1.54) is 17.8 Å². The molecule has 2 aromatic heterocycles. The Bertz CT molecular complexity index is 1040. The molecule has 0 radical (unpaired) electrons. The van der Waals surface area contributed by atoms with E-state index in [2.05, 4.69) is 20.3 Å². The predicted molar refractivity (Wildman–Crippen MR) is 107 cm³/mol. The molecule has 0 aliphatic carbocycles. The van der Waals surface area contributed by atoms with Crippen molar-refractivity contribution in [3.05, 3.63) is 16.7 Å². The number of aromatic nitrogens is 4. The van der Waals surface area contributed by atoms with Gasteiger partial charge in [-0.15, -0.1) is 0 Å². The monoisotopic (exact) mass is 435 g/mol. The fraction of sp³-hybridized carbons (Fsp3) is 0.579. The lowest BCUT2D eigenvalue weighted by Gasteiger charge is -2.16. The van der Waals surface area contributed by atoms with Gasteiger partial charge in [-0.05, 0) is 6.92 Å². The number of aliphatic hydroxyl groups is 1. The summed E-state index contributed by atoms with van der Waals surface area (Å²) in [5.74, 6) is -1.31. The molecule has 3 heterocycles. The van der Waals surface area contributed by atoms with Crippen molar-refractivity contribution in [2.45, 2.75) is 58.5 Å². The van der Waals surface area contributed by atoms with Crippen LogP contribution in [0.15, 0.2) is 11.1 Å². The fourth-order valence-electron chi connectivity index (χ4n) is 3.02. The SMILES string of the molecule is CC(=O)CCC(=O)OC[C@@H]1O[C@H](n2cnc3c(=O)[nH]c(NC(=O)C(C)C)nc32)C[C@H]1O. The van der Waals surface area contributed by atoms with Crippen LogP contribution in [-0.2, 0) is 23.9 Å². The Kier molecular flexibility index (Phi) is 6.81. The van der Waals surface area contributed by atoms with E-state index < -0.39 is 30.0 Å². The molecule has 0 spiro atoms. The normalized spacial score (nSPS) is 20.9. The lowest BCUT2D eigenvalue weighted by molar-refractivity contribution is -0.150. The third-order valence-corrected chi connectivity index (χ3v) is 4.80. The molecule has 1 aliphatic rings. The van der Waals surface area contributed by atoms with Gasteiger partial charge in [0.1, 0.15) is 24.7 Å². The highest BCUT2D eigenvalue weighted by Crippen LogP contribution is 2.30. The minimum absolute atomic E-state index is 0.0209. The Hall–Kier alpha value is -3.12. The van der Waals surface area contributed by atoms with E-state index in [0.29, 0.717) is 0 Å². The lowest BCUT2D eigenvalue weighted by Crippen LogP contribution is -2.28. The Labute approximate surface area is 177 Å². The molecular formula is C19H25N5O7. The number of ketones is 1. The van der Waals surface area contributed by atoms with Crippen LogP contribution < -0.4 is 10.9 Å². The minimum Gasteiger partial charge on any atom is -0.463 e. The van der Waals surface area contributed by atoms with Crippen LogP contribution in [0.3, 0.4) is 0 Å². The van der Waals surface area contributed by atoms with Crippen LogP contribution in [0.1, 0.15) is 46.3 Å². The number of H-pyrrole nitrogens is 1. The van der Waals surface area contributed by atoms with Gasteiger partial charge in [-0.2, -0.15) is 4.98 Å². The first-order chi connectivity index (χ1) is 14.7. The highest BCUT2D eigenvalue weighted by atomic mass is 16.6. The molecule has 0 bridgehead atoms. The summed E-state index contributed by atoms with van der Waals surface area (Å²) in [6, 6.07) is 0. The molecule has 31 heavy (non-hydrogen) atoms. The van der Waals surface area contributed by atoms with Gasteiger partial charge in [-0.25, -0.2) is 4.98 Å². The number of nitrogens with one attached hydrogen (secondary N) is 2. The number of rotatable bonds is 8. The molecule has 12 heteroatoms. The molecule has 0 unspecified atom stereocenters. The van der Waals surface area contributed by atoms with Crippen LogP contribution in [0.25, 0.3) is 11.2 Å². The molecule has 12 nitrogen and oxygen atoms in total. The van der Waals surface area contributed by atoms with Gasteiger partial charge in [0.2, 0.25) is 11.9 Å². The number of nitrogens with zero attached hydrogens (tertiary/aromatic N) is 3. The highest BCUT2D eigenvalue weighted by Gasteiger charge is 2.36. The van der Waals surface area contributed by atoms with E-state index in [9.17, 15) is 24.3 Å². The summed E-state index contributed by atoms with van der Waals surface area (Å²) in [6.45, 7) is 4.62. The maximum absolute atomic E-state index is 12.3. The van der Waals surface area contributed by atoms with Crippen molar-refractivity contribution in [2.75, 3.05) is 11.9 Å². The average Bonchev–Trinajstić information content (AvgIpc) is 3.28. The van der Waals surface area contributed by atoms with Gasteiger partial charge in [-0.3, -0.25) is 29.3 Å². The van der Waals surface area contributed by atoms with Gasteiger partial charge in [-0.1, -0.05) is 13.8 Å². The number of carbonyl (C=O) groups excluding carboxylic acids is 3. The number of imidazole rings is 1. The number of carbonyl (C=O) groups is 3. The molecule has 0 aromatic carbocycles. The van der Waals surface area contributed by atoms with Gasteiger partial charge in [0, 0.05) is 18.8 Å².